The second kappa shape index (κ2) is 26.6. The van der Waals surface area contributed by atoms with Gasteiger partial charge < -0.3 is 64.2 Å². The van der Waals surface area contributed by atoms with Crippen LogP contribution in [0.2, 0.25) is 0 Å². The van der Waals surface area contributed by atoms with Crippen molar-refractivity contribution in [1.82, 2.24) is 10.6 Å². The summed E-state index contributed by atoms with van der Waals surface area (Å²) in [5.41, 5.74) is 4.79. The number of nitrogens with one attached hydrogen (secondary N) is 2. The number of Topliss-reactive ketones (excluding diaryl/α,β-unsaturated/α-hetero) is 1. The van der Waals surface area contributed by atoms with Gasteiger partial charge in [-0.1, -0.05) is 132 Å². The molecule has 5 fully saturated rings. The summed E-state index contributed by atoms with van der Waals surface area (Å²) in [4.78, 5) is 54.0. The van der Waals surface area contributed by atoms with Crippen LogP contribution in [0.4, 0.5) is 9.59 Å². The number of amides is 2. The Labute approximate surface area is 501 Å². The van der Waals surface area contributed by atoms with Crippen LogP contribution in [0.3, 0.4) is 0 Å². The van der Waals surface area contributed by atoms with Crippen molar-refractivity contribution in [3.63, 3.8) is 0 Å². The number of ether oxygens (including phenoxy) is 7. The lowest BCUT2D eigenvalue weighted by Gasteiger charge is -2.59. The maximum absolute atomic E-state index is 14.3. The van der Waals surface area contributed by atoms with Gasteiger partial charge in [0.2, 0.25) is 0 Å². The summed E-state index contributed by atoms with van der Waals surface area (Å²) in [5, 5.41) is 53.4. The SMILES string of the molecule is Cc1ccc(C(=O)OC2C(OC3C(O)COC(O[C@H]4C[C@H]5[C@@H]6CC=C7C[C@@H](O)CC[C@]7(C)C6CC[C@]5(C)[C@@]4(O)[C@H](C)C(=O)CCC(C)C)C3C)OCC(OC(=O)NCCCCCCNC(=O)OCC3c4ccccc4-c4ccccc43)C2O)cc1. The molecule has 17 heteroatoms. The van der Waals surface area contributed by atoms with Crippen molar-refractivity contribution in [3.05, 3.63) is 107 Å². The minimum Gasteiger partial charge on any atom is -0.450 e. The third-order valence-electron chi connectivity index (χ3n) is 21.0. The molecule has 5 aliphatic carbocycles. The van der Waals surface area contributed by atoms with E-state index in [1.807, 2.05) is 38.1 Å². The van der Waals surface area contributed by atoms with Crippen molar-refractivity contribution in [3.8, 4) is 11.1 Å². The van der Waals surface area contributed by atoms with Gasteiger partial charge in [-0.25, -0.2) is 14.4 Å². The van der Waals surface area contributed by atoms with E-state index < -0.39 is 90.2 Å². The predicted octanol–water partition coefficient (Wildman–Crippen LogP) is 9.86. The van der Waals surface area contributed by atoms with E-state index in [0.29, 0.717) is 63.3 Å². The molecule has 10 rings (SSSR count). The summed E-state index contributed by atoms with van der Waals surface area (Å²) >= 11 is 0. The van der Waals surface area contributed by atoms with Crippen LogP contribution in [0, 0.1) is 53.3 Å². The molecule has 17 atom stereocenters. The van der Waals surface area contributed by atoms with Gasteiger partial charge in [-0.15, -0.1) is 0 Å². The number of aliphatic hydroxyl groups is 4. The number of benzene rings is 3. The third-order valence-corrected chi connectivity index (χ3v) is 21.0. The van der Waals surface area contributed by atoms with Crippen LogP contribution in [0.15, 0.2) is 84.4 Å². The fourth-order valence-corrected chi connectivity index (χ4v) is 15.9. The summed E-state index contributed by atoms with van der Waals surface area (Å²) in [7, 11) is 0. The van der Waals surface area contributed by atoms with Gasteiger partial charge in [0.1, 0.15) is 30.2 Å². The summed E-state index contributed by atoms with van der Waals surface area (Å²) in [6.07, 6.45) is -0.0897. The number of alkyl carbamates (subject to hydrolysis) is 2. The van der Waals surface area contributed by atoms with Crippen LogP contribution in [0.25, 0.3) is 11.1 Å². The highest BCUT2D eigenvalue weighted by molar-refractivity contribution is 5.89. The van der Waals surface area contributed by atoms with E-state index in [0.717, 1.165) is 66.3 Å². The van der Waals surface area contributed by atoms with Gasteiger partial charge in [-0.05, 0) is 135 Å². The van der Waals surface area contributed by atoms with Crippen LogP contribution in [-0.2, 0) is 38.0 Å². The van der Waals surface area contributed by atoms with Crippen LogP contribution >= 0.6 is 0 Å². The molecular weight excluding hydrogens is 1080 g/mol. The highest BCUT2D eigenvalue weighted by atomic mass is 16.7. The number of hydrogen-bond acceptors (Lipinski definition) is 15. The topological polar surface area (TPSA) is 238 Å². The Hall–Kier alpha value is -5.24. The standard InChI is InChI=1S/C68H92N2O15/c1-39(2)20-27-54(72)42(5)68(78)57(35-53-50-26-25-44-34-45(71)28-30-66(44,6)52(50)29-31-67(53,68)7)83-62-41(4)59(55(73)37-79-62)85-63-60(84-61(75)43-23-21-40(3)22-24-43)58(74)56(38-80-63)82-65(77)70-33-15-9-8-14-32-69-64(76)81-36-51-48-18-12-10-16-46(48)47-17-11-13-19-49(47)51/h10-13,16-19,21-25,39,41-42,45,50-53,55-60,62-63,71,73-74,78H,8-9,14-15,20,26-38H2,1-7H3,(H,69,76)(H,70,77)/t41?,42-,45+,50-,52?,53+,55?,56?,57+,58?,59?,60?,62?,63?,66+,67+,68-/m1/s1. The first-order valence-electron chi connectivity index (χ1n) is 31.6. The average Bonchev–Trinajstić information content (AvgIpc) is 1.62. The third kappa shape index (κ3) is 12.9. The van der Waals surface area contributed by atoms with Gasteiger partial charge in [0.25, 0.3) is 0 Å². The van der Waals surface area contributed by atoms with E-state index in [-0.39, 0.29) is 67.0 Å². The smallest absolute Gasteiger partial charge is 0.407 e. The normalized spacial score (nSPS) is 34.4. The largest absolute Gasteiger partial charge is 0.450 e. The molecule has 0 bridgehead atoms. The second-order valence-electron chi connectivity index (χ2n) is 26.6. The zero-order chi connectivity index (χ0) is 60.4. The number of allylic oxidation sites excluding steroid dienone is 1. The van der Waals surface area contributed by atoms with Crippen molar-refractivity contribution in [2.45, 2.75) is 199 Å². The molecule has 85 heavy (non-hydrogen) atoms. The molecule has 2 saturated heterocycles. The Morgan fingerprint density at radius 2 is 1.41 bits per heavy atom. The molecule has 3 saturated carbocycles. The Morgan fingerprint density at radius 3 is 2.09 bits per heavy atom. The Bertz CT molecular complexity index is 2820. The minimum atomic E-state index is -1.62. The molecule has 2 aliphatic heterocycles. The van der Waals surface area contributed by atoms with Gasteiger partial charge >= 0.3 is 18.2 Å². The molecule has 3 aromatic rings. The molecule has 7 aliphatic rings. The highest BCUT2D eigenvalue weighted by Gasteiger charge is 2.70. The van der Waals surface area contributed by atoms with Gasteiger partial charge in [-0.3, -0.25) is 4.79 Å². The first-order valence-corrected chi connectivity index (χ1v) is 31.6. The molecule has 464 valence electrons. The summed E-state index contributed by atoms with van der Waals surface area (Å²) in [6, 6.07) is 23.1. The van der Waals surface area contributed by atoms with Gasteiger partial charge in [0, 0.05) is 42.7 Å². The monoisotopic (exact) mass is 1180 g/mol. The Kier molecular flexibility index (Phi) is 19.7. The van der Waals surface area contributed by atoms with E-state index in [1.54, 1.807) is 31.2 Å². The summed E-state index contributed by atoms with van der Waals surface area (Å²) in [5.74, 6) is -1.38. The number of esters is 1. The number of aliphatic hydroxyl groups excluding tert-OH is 3. The van der Waals surface area contributed by atoms with Gasteiger partial charge in [0.15, 0.2) is 24.8 Å². The quantitative estimate of drug-likeness (QED) is 0.0252. The van der Waals surface area contributed by atoms with E-state index in [4.69, 9.17) is 33.2 Å². The zero-order valence-corrected chi connectivity index (χ0v) is 50.8. The second-order valence-corrected chi connectivity index (χ2v) is 26.6. The molecular formula is C68H92N2O15. The highest BCUT2D eigenvalue weighted by Crippen LogP contribution is 2.69. The molecule has 6 N–H and O–H groups in total. The van der Waals surface area contributed by atoms with E-state index >= 15 is 0 Å². The number of aryl methyl sites for hydroxylation is 1. The fraction of sp³-hybridized carbons (Fsp3) is 0.647. The van der Waals surface area contributed by atoms with Crippen LogP contribution < -0.4 is 10.6 Å². The first kappa shape index (κ1) is 62.8. The number of carbonyl (C=O) groups excluding carboxylic acids is 4. The summed E-state index contributed by atoms with van der Waals surface area (Å²) < 4.78 is 43.5. The number of rotatable bonds is 21. The minimum absolute atomic E-state index is 0.00680. The summed E-state index contributed by atoms with van der Waals surface area (Å²) in [6.45, 7) is 14.6. The lowest BCUT2D eigenvalue weighted by Crippen LogP contribution is -2.62. The predicted molar refractivity (Wildman–Crippen MR) is 317 cm³/mol. The maximum Gasteiger partial charge on any atom is 0.407 e. The van der Waals surface area contributed by atoms with E-state index in [9.17, 15) is 39.6 Å². The fourth-order valence-electron chi connectivity index (χ4n) is 15.9. The van der Waals surface area contributed by atoms with Crippen molar-refractivity contribution in [2.24, 2.45) is 46.3 Å². The Morgan fingerprint density at radius 1 is 0.753 bits per heavy atom. The van der Waals surface area contributed by atoms with Crippen LogP contribution in [0.1, 0.15) is 158 Å². The number of ketones is 1. The Balaban J connectivity index is 0.748. The molecule has 9 unspecified atom stereocenters. The van der Waals surface area contributed by atoms with Crippen LogP contribution in [0.5, 0.6) is 0 Å². The number of unbranched alkanes of at least 4 members (excludes halogenated alkanes) is 3. The number of fused-ring (bicyclic) bond motifs is 8. The molecule has 17 nitrogen and oxygen atoms in total. The average molecular weight is 1180 g/mol. The van der Waals surface area contributed by atoms with Gasteiger partial charge in [0.05, 0.1) is 37.1 Å². The van der Waals surface area contributed by atoms with Crippen molar-refractivity contribution in [1.29, 1.82) is 0 Å². The van der Waals surface area contributed by atoms with Crippen molar-refractivity contribution in [2.75, 3.05) is 32.9 Å². The number of hydrogen-bond donors (Lipinski definition) is 6. The molecule has 3 aromatic carbocycles. The zero-order valence-electron chi connectivity index (χ0n) is 50.8. The number of carbonyl (C=O) groups is 4. The maximum atomic E-state index is 14.3. The molecule has 0 radical (unpaired) electrons. The molecule has 0 aromatic heterocycles. The van der Waals surface area contributed by atoms with E-state index in [1.165, 1.54) is 5.57 Å². The lowest BCUT2D eigenvalue weighted by molar-refractivity contribution is -0.333. The van der Waals surface area contributed by atoms with Gasteiger partial charge in [-0.2, -0.15) is 0 Å². The molecule has 0 spiro atoms. The van der Waals surface area contributed by atoms with Crippen molar-refractivity contribution >= 4 is 23.9 Å². The first-order chi connectivity index (χ1) is 40.7. The lowest BCUT2D eigenvalue weighted by atomic mass is 9.46. The van der Waals surface area contributed by atoms with E-state index in [2.05, 4.69) is 68.7 Å². The molecule has 2 amide bonds. The molecule has 2 heterocycles. The van der Waals surface area contributed by atoms with Crippen molar-refractivity contribution < 1.29 is 72.8 Å². The van der Waals surface area contributed by atoms with Crippen LogP contribution in [-0.4, -0.2) is 138 Å².